The molecule has 1 aromatic heterocycles. The first-order valence-corrected chi connectivity index (χ1v) is 10.4. The fourth-order valence-electron chi connectivity index (χ4n) is 3.62. The monoisotopic (exact) mass is 437 g/mol. The maximum Gasteiger partial charge on any atom is 0.350 e. The van der Waals surface area contributed by atoms with Gasteiger partial charge in [-0.2, -0.15) is 0 Å². The zero-order valence-corrected chi connectivity index (χ0v) is 17.9. The van der Waals surface area contributed by atoms with Gasteiger partial charge in [0.15, 0.2) is 0 Å². The van der Waals surface area contributed by atoms with Crippen LogP contribution in [0.1, 0.15) is 35.4 Å². The number of hydrogen-bond donors (Lipinski definition) is 3. The highest BCUT2D eigenvalue weighted by molar-refractivity contribution is 6.29. The molecule has 31 heavy (non-hydrogen) atoms. The van der Waals surface area contributed by atoms with Crippen molar-refractivity contribution in [2.24, 2.45) is 11.7 Å². The van der Waals surface area contributed by atoms with Gasteiger partial charge in [-0.25, -0.2) is 26.5 Å². The molecule has 7 nitrogen and oxygen atoms in total. The van der Waals surface area contributed by atoms with E-state index in [-0.39, 0.29) is 6.61 Å². The number of benzene rings is 2. The van der Waals surface area contributed by atoms with Gasteiger partial charge in [0, 0.05) is 11.1 Å². The number of aromatic nitrogens is 1. The van der Waals surface area contributed by atoms with E-state index in [0.29, 0.717) is 16.8 Å². The lowest BCUT2D eigenvalue weighted by atomic mass is 10.0. The van der Waals surface area contributed by atoms with Gasteiger partial charge in [-0.05, 0) is 73.2 Å². The van der Waals surface area contributed by atoms with Crippen LogP contribution in [0.5, 0.6) is 5.75 Å². The molecule has 2 amide bonds. The van der Waals surface area contributed by atoms with Crippen molar-refractivity contribution in [3.8, 4) is 17.0 Å². The highest BCUT2D eigenvalue weighted by Crippen LogP contribution is 2.44. The Balaban J connectivity index is 1.60. The molecular weight excluding hydrogens is 414 g/mol. The number of nitrogens with zero attached hydrogens (tertiary/aromatic N) is 2. The minimum absolute atomic E-state index is 0.281. The molecule has 160 valence electrons. The largest absolute Gasteiger partial charge is 0.489 e. The number of rotatable bonds is 6. The molecule has 2 aromatic carbocycles. The molecule has 5 N–H and O–H groups in total. The minimum atomic E-state index is -0.594. The number of carbonyl (C=O) groups is 1. The number of nitrogens with one attached hydrogen (secondary N) is 1. The van der Waals surface area contributed by atoms with Gasteiger partial charge in [0.05, 0.1) is 11.4 Å². The first kappa shape index (κ1) is 21.1. The highest BCUT2D eigenvalue weighted by atomic mass is 35.5. The third-order valence-electron chi connectivity index (χ3n) is 5.36. The fraction of sp³-hybridized carbons (Fsp3) is 0.217. The molecule has 3 aromatic rings. The van der Waals surface area contributed by atoms with Crippen LogP contribution in [0, 0.1) is 6.92 Å². The van der Waals surface area contributed by atoms with Crippen LogP contribution in [0.15, 0.2) is 54.6 Å². The lowest BCUT2D eigenvalue weighted by Gasteiger charge is -2.22. The van der Waals surface area contributed by atoms with E-state index in [1.165, 1.54) is 0 Å². The van der Waals surface area contributed by atoms with E-state index in [4.69, 9.17) is 28.0 Å². The predicted octanol–water partition coefficient (Wildman–Crippen LogP) is 4.43. The molecule has 0 bridgehead atoms. The Morgan fingerprint density at radius 3 is 2.68 bits per heavy atom. The van der Waals surface area contributed by atoms with E-state index in [1.807, 2.05) is 43.3 Å². The Labute approximate surface area is 185 Å². The van der Waals surface area contributed by atoms with Crippen LogP contribution in [-0.4, -0.2) is 11.0 Å². The molecule has 0 saturated heterocycles. The minimum Gasteiger partial charge on any atom is -0.489 e. The lowest BCUT2D eigenvalue weighted by Crippen LogP contribution is -2.48. The average Bonchev–Trinajstić information content (AvgIpc) is 3.62. The number of hydrazine groups is 2. The number of carbonyl (C=O) groups excluding carboxylic acids is 1. The van der Waals surface area contributed by atoms with Gasteiger partial charge in [-0.3, -0.25) is 5.43 Å². The summed E-state index contributed by atoms with van der Waals surface area (Å²) in [5, 5.41) is 1.47. The van der Waals surface area contributed by atoms with E-state index in [2.05, 4.69) is 16.5 Å². The van der Waals surface area contributed by atoms with Crippen LogP contribution < -0.4 is 26.9 Å². The Bertz CT molecular complexity index is 1120. The second-order valence-corrected chi connectivity index (χ2v) is 7.94. The summed E-state index contributed by atoms with van der Waals surface area (Å²) in [5.74, 6) is 12.5. The quantitative estimate of drug-likeness (QED) is 0.229. The van der Waals surface area contributed by atoms with Gasteiger partial charge in [0.1, 0.15) is 17.5 Å². The summed E-state index contributed by atoms with van der Waals surface area (Å²) in [5.41, 5.74) is 7.40. The zero-order chi connectivity index (χ0) is 22.0. The number of ether oxygens (including phenoxy) is 1. The number of hydrogen-bond acceptors (Lipinski definition) is 5. The molecule has 1 saturated carbocycles. The maximum atomic E-state index is 12.0. The van der Waals surface area contributed by atoms with Gasteiger partial charge in [0.2, 0.25) is 0 Å². The van der Waals surface area contributed by atoms with Crippen LogP contribution in [0.2, 0.25) is 5.15 Å². The van der Waals surface area contributed by atoms with Crippen molar-refractivity contribution < 1.29 is 9.53 Å². The van der Waals surface area contributed by atoms with Gasteiger partial charge in [-0.1, -0.05) is 29.8 Å². The first-order valence-electron chi connectivity index (χ1n) is 10.0. The second-order valence-electron chi connectivity index (χ2n) is 7.55. The molecule has 0 atom stereocenters. The number of aryl methyl sites for hydroxylation is 1. The number of nitrogens with two attached hydrogens (primary N) is 2. The smallest absolute Gasteiger partial charge is 0.350 e. The standard InChI is InChI=1S/C23H24ClN5O2/c1-14-12-16(19-5-3-7-22(24)27-19)10-11-21(14)31-13-18-17(15-8-9-15)4-2-6-20(18)29(26)23(30)28-25/h2-7,10-12,15H,8-9,13,25-26H2,1H3,(H,28,30). The SMILES string of the molecule is Cc1cc(-c2cccc(Cl)n2)ccc1OCc1c(C2CC2)cccc1N(N)C(=O)NN. The van der Waals surface area contributed by atoms with Crippen molar-refractivity contribution in [2.45, 2.75) is 32.3 Å². The van der Waals surface area contributed by atoms with Gasteiger partial charge < -0.3 is 4.74 Å². The van der Waals surface area contributed by atoms with E-state index in [0.717, 1.165) is 51.5 Å². The predicted molar refractivity (Wildman–Crippen MR) is 122 cm³/mol. The van der Waals surface area contributed by atoms with Crippen LogP contribution >= 0.6 is 11.6 Å². The van der Waals surface area contributed by atoms with Crippen molar-refractivity contribution in [3.63, 3.8) is 0 Å². The highest BCUT2D eigenvalue weighted by Gasteiger charge is 2.29. The van der Waals surface area contributed by atoms with E-state index >= 15 is 0 Å². The summed E-state index contributed by atoms with van der Waals surface area (Å²) in [6.45, 7) is 2.26. The summed E-state index contributed by atoms with van der Waals surface area (Å²) < 4.78 is 6.17. The summed E-state index contributed by atoms with van der Waals surface area (Å²) >= 11 is 6.02. The molecular formula is C23H24ClN5O2. The normalized spacial score (nSPS) is 13.0. The topological polar surface area (TPSA) is 106 Å². The fourth-order valence-corrected chi connectivity index (χ4v) is 3.78. The van der Waals surface area contributed by atoms with E-state index in [1.54, 1.807) is 12.1 Å². The van der Waals surface area contributed by atoms with Crippen LogP contribution in [0.3, 0.4) is 0 Å². The Morgan fingerprint density at radius 1 is 1.23 bits per heavy atom. The van der Waals surface area contributed by atoms with Gasteiger partial charge in [0.25, 0.3) is 0 Å². The molecule has 0 aliphatic heterocycles. The third kappa shape index (κ3) is 4.64. The Morgan fingerprint density at radius 2 is 2.00 bits per heavy atom. The Kier molecular flexibility index (Phi) is 6.08. The molecule has 8 heteroatoms. The Hall–Kier alpha value is -3.13. The van der Waals surface area contributed by atoms with Gasteiger partial charge in [-0.15, -0.1) is 0 Å². The van der Waals surface area contributed by atoms with Crippen molar-refractivity contribution in [2.75, 3.05) is 5.01 Å². The van der Waals surface area contributed by atoms with E-state index < -0.39 is 6.03 Å². The van der Waals surface area contributed by atoms with Crippen LogP contribution in [-0.2, 0) is 6.61 Å². The summed E-state index contributed by atoms with van der Waals surface area (Å²) in [7, 11) is 0. The number of urea groups is 1. The lowest BCUT2D eigenvalue weighted by molar-refractivity contribution is 0.246. The van der Waals surface area contributed by atoms with Crippen molar-refractivity contribution in [1.82, 2.24) is 10.4 Å². The maximum absolute atomic E-state index is 12.0. The molecule has 0 radical (unpaired) electrons. The van der Waals surface area contributed by atoms with Crippen molar-refractivity contribution in [3.05, 3.63) is 76.4 Å². The van der Waals surface area contributed by atoms with Crippen LogP contribution in [0.4, 0.5) is 10.5 Å². The van der Waals surface area contributed by atoms with E-state index in [9.17, 15) is 4.79 Å². The molecule has 0 unspecified atom stereocenters. The number of pyridine rings is 1. The molecule has 1 heterocycles. The van der Waals surface area contributed by atoms with Gasteiger partial charge >= 0.3 is 6.03 Å². The van der Waals surface area contributed by atoms with Crippen molar-refractivity contribution in [1.29, 1.82) is 0 Å². The summed E-state index contributed by atoms with van der Waals surface area (Å²) in [4.78, 5) is 16.4. The molecule has 4 rings (SSSR count). The second kappa shape index (κ2) is 8.93. The molecule has 1 aliphatic rings. The average molecular weight is 438 g/mol. The van der Waals surface area contributed by atoms with Crippen LogP contribution in [0.25, 0.3) is 11.3 Å². The first-order chi connectivity index (χ1) is 15.0. The molecule has 0 spiro atoms. The molecule has 1 fully saturated rings. The molecule has 1 aliphatic carbocycles. The number of halogens is 1. The third-order valence-corrected chi connectivity index (χ3v) is 5.57. The summed E-state index contributed by atoms with van der Waals surface area (Å²) in [6, 6.07) is 16.6. The zero-order valence-electron chi connectivity index (χ0n) is 17.1. The number of anilines is 1. The van der Waals surface area contributed by atoms with Crippen molar-refractivity contribution >= 4 is 23.3 Å². The number of amides is 2. The summed E-state index contributed by atoms with van der Waals surface area (Å²) in [6.07, 6.45) is 2.23.